The van der Waals surface area contributed by atoms with Gasteiger partial charge in [-0.3, -0.25) is 9.59 Å². The molecule has 0 aliphatic carbocycles. The number of aryl methyl sites for hydroxylation is 1. The minimum Gasteiger partial charge on any atom is -0.391 e. The number of hydrogen-bond donors (Lipinski definition) is 3. The Morgan fingerprint density at radius 1 is 0.968 bits per heavy atom. The quantitative estimate of drug-likeness (QED) is 0.600. The molecule has 0 heterocycles. The molecule has 2 aromatic rings. The summed E-state index contributed by atoms with van der Waals surface area (Å²) < 4.78 is 0. The summed E-state index contributed by atoms with van der Waals surface area (Å²) in [7, 11) is 0. The lowest BCUT2D eigenvalue weighted by molar-refractivity contribution is -0.125. The largest absolute Gasteiger partial charge is 0.391 e. The van der Waals surface area contributed by atoms with Crippen molar-refractivity contribution < 1.29 is 19.8 Å². The van der Waals surface area contributed by atoms with E-state index in [-0.39, 0.29) is 0 Å². The minimum atomic E-state index is -1.15. The molecule has 0 aliphatic rings. The van der Waals surface area contributed by atoms with Crippen LogP contribution in [0.5, 0.6) is 0 Å². The van der Waals surface area contributed by atoms with Gasteiger partial charge >= 0.3 is 0 Å². The van der Waals surface area contributed by atoms with Gasteiger partial charge in [0.15, 0.2) is 5.78 Å². The number of Topliss-reactive ketones (excluding diaryl/α,β-unsaturated/α-hetero) is 1. The van der Waals surface area contributed by atoms with Gasteiger partial charge in [0.2, 0.25) is 0 Å². The second-order valence-electron chi connectivity index (χ2n) is 8.90. The van der Waals surface area contributed by atoms with Crippen LogP contribution in [0.3, 0.4) is 0 Å². The van der Waals surface area contributed by atoms with E-state index in [9.17, 15) is 14.7 Å². The molecule has 0 aliphatic heterocycles. The van der Waals surface area contributed by atoms with Crippen LogP contribution in [0.1, 0.15) is 61.2 Å². The van der Waals surface area contributed by atoms with Crippen LogP contribution in [0.4, 0.5) is 0 Å². The normalized spacial score (nSPS) is 13.0. The topological polar surface area (TPSA) is 86.6 Å². The van der Waals surface area contributed by atoms with Gasteiger partial charge in [-0.25, -0.2) is 0 Å². The predicted molar refractivity (Wildman–Crippen MR) is 122 cm³/mol. The Hall–Kier alpha value is -2.94. The van der Waals surface area contributed by atoms with Crippen LogP contribution in [0, 0.1) is 17.3 Å². The highest BCUT2D eigenvalue weighted by Gasteiger charge is 2.25. The number of carbonyl (C=O) groups excluding carboxylic acids is 2. The van der Waals surface area contributed by atoms with Gasteiger partial charge in [-0.1, -0.05) is 44.7 Å². The highest BCUT2D eigenvalue weighted by atomic mass is 16.3. The van der Waals surface area contributed by atoms with Crippen LogP contribution >= 0.6 is 0 Å². The summed E-state index contributed by atoms with van der Waals surface area (Å²) in [6.45, 7) is 7.35. The van der Waals surface area contributed by atoms with E-state index in [0.717, 1.165) is 24.0 Å². The predicted octanol–water partition coefficient (Wildman–Crippen LogP) is 3.11. The van der Waals surface area contributed by atoms with Gasteiger partial charge in [0, 0.05) is 16.7 Å². The van der Waals surface area contributed by atoms with Gasteiger partial charge in [-0.2, -0.15) is 0 Å². The molecule has 0 aromatic heterocycles. The van der Waals surface area contributed by atoms with Gasteiger partial charge < -0.3 is 15.5 Å². The third kappa shape index (κ3) is 8.01. The number of amides is 1. The number of rotatable bonds is 7. The van der Waals surface area contributed by atoms with Crippen LogP contribution in [0.25, 0.3) is 0 Å². The molecule has 5 heteroatoms. The van der Waals surface area contributed by atoms with Crippen LogP contribution in [0.15, 0.2) is 48.5 Å². The second kappa shape index (κ2) is 10.9. The average Bonchev–Trinajstić information content (AvgIpc) is 2.74. The number of nitrogens with one attached hydrogen (secondary N) is 1. The van der Waals surface area contributed by atoms with Gasteiger partial charge in [-0.15, -0.1) is 0 Å². The number of ketones is 1. The summed E-state index contributed by atoms with van der Waals surface area (Å²) in [6, 6.07) is 13.8. The molecule has 0 saturated carbocycles. The van der Waals surface area contributed by atoms with Crippen molar-refractivity contribution in [2.45, 2.75) is 52.7 Å². The summed E-state index contributed by atoms with van der Waals surface area (Å²) in [5, 5.41) is 21.1. The van der Waals surface area contributed by atoms with Crippen molar-refractivity contribution in [2.75, 3.05) is 6.61 Å². The summed E-state index contributed by atoms with van der Waals surface area (Å²) >= 11 is 0. The SMILES string of the molecule is C[C@@H](O)[C@H](NC(=O)c1ccc(C#Cc2ccc(CCC(C)(C)C)cc2)cc1)C(=O)CO. The van der Waals surface area contributed by atoms with Crippen LogP contribution in [-0.2, 0) is 11.2 Å². The zero-order valence-corrected chi connectivity index (χ0v) is 18.6. The highest BCUT2D eigenvalue weighted by Crippen LogP contribution is 2.21. The van der Waals surface area contributed by atoms with Crippen molar-refractivity contribution in [3.8, 4) is 11.8 Å². The Morgan fingerprint density at radius 3 is 1.94 bits per heavy atom. The van der Waals surface area contributed by atoms with E-state index >= 15 is 0 Å². The molecule has 1 amide bonds. The zero-order chi connectivity index (χ0) is 23.0. The molecule has 0 fully saturated rings. The maximum atomic E-state index is 12.3. The Kier molecular flexibility index (Phi) is 8.56. The van der Waals surface area contributed by atoms with Gasteiger partial charge in [0.05, 0.1) is 6.10 Å². The fourth-order valence-corrected chi connectivity index (χ4v) is 2.92. The van der Waals surface area contributed by atoms with E-state index in [0.29, 0.717) is 11.0 Å². The van der Waals surface area contributed by atoms with Crippen LogP contribution in [-0.4, -0.2) is 40.7 Å². The van der Waals surface area contributed by atoms with Crippen LogP contribution < -0.4 is 5.32 Å². The average molecular weight is 422 g/mol. The molecular weight excluding hydrogens is 390 g/mol. The molecule has 0 spiro atoms. The second-order valence-corrected chi connectivity index (χ2v) is 8.90. The maximum absolute atomic E-state index is 12.3. The first-order valence-electron chi connectivity index (χ1n) is 10.4. The summed E-state index contributed by atoms with van der Waals surface area (Å²) in [4.78, 5) is 24.0. The molecule has 2 aromatic carbocycles. The Morgan fingerprint density at radius 2 is 1.48 bits per heavy atom. The minimum absolute atomic E-state index is 0.313. The number of aliphatic hydroxyl groups is 2. The van der Waals surface area contributed by atoms with Gasteiger partial charge in [-0.05, 0) is 67.1 Å². The van der Waals surface area contributed by atoms with Crippen molar-refractivity contribution in [1.29, 1.82) is 0 Å². The van der Waals surface area contributed by atoms with Gasteiger partial charge in [0.25, 0.3) is 5.91 Å². The van der Waals surface area contributed by atoms with E-state index in [1.54, 1.807) is 24.3 Å². The van der Waals surface area contributed by atoms with Crippen molar-refractivity contribution in [3.05, 3.63) is 70.8 Å². The van der Waals surface area contributed by atoms with Crippen molar-refractivity contribution in [1.82, 2.24) is 5.32 Å². The molecule has 0 radical (unpaired) electrons. The molecule has 3 N–H and O–H groups in total. The molecule has 164 valence electrons. The fraction of sp³-hybridized carbons (Fsp3) is 0.385. The molecule has 2 rings (SSSR count). The Balaban J connectivity index is 2.01. The number of hydrogen-bond acceptors (Lipinski definition) is 4. The van der Waals surface area contributed by atoms with E-state index < -0.39 is 30.4 Å². The lowest BCUT2D eigenvalue weighted by atomic mass is 9.88. The third-order valence-electron chi connectivity index (χ3n) is 4.89. The van der Waals surface area contributed by atoms with E-state index in [4.69, 9.17) is 5.11 Å². The van der Waals surface area contributed by atoms with Crippen molar-refractivity contribution in [2.24, 2.45) is 5.41 Å². The first-order chi connectivity index (χ1) is 14.6. The van der Waals surface area contributed by atoms with E-state index in [1.165, 1.54) is 12.5 Å². The molecule has 0 saturated heterocycles. The maximum Gasteiger partial charge on any atom is 0.251 e. The monoisotopic (exact) mass is 421 g/mol. The van der Waals surface area contributed by atoms with E-state index in [1.807, 2.05) is 12.1 Å². The molecule has 5 nitrogen and oxygen atoms in total. The third-order valence-corrected chi connectivity index (χ3v) is 4.89. The fourth-order valence-electron chi connectivity index (χ4n) is 2.92. The lowest BCUT2D eigenvalue weighted by Crippen LogP contribution is -2.48. The number of carbonyl (C=O) groups is 2. The van der Waals surface area contributed by atoms with E-state index in [2.05, 4.69) is 50.1 Å². The molecule has 0 bridgehead atoms. The zero-order valence-electron chi connectivity index (χ0n) is 18.6. The molecule has 0 unspecified atom stereocenters. The smallest absolute Gasteiger partial charge is 0.251 e. The summed E-state index contributed by atoms with van der Waals surface area (Å²) in [5.74, 6) is 5.06. The Bertz CT molecular complexity index is 942. The number of benzene rings is 2. The first kappa shape index (κ1) is 24.3. The van der Waals surface area contributed by atoms with Crippen LogP contribution in [0.2, 0.25) is 0 Å². The molecule has 31 heavy (non-hydrogen) atoms. The molecule has 2 atom stereocenters. The summed E-state index contributed by atoms with van der Waals surface area (Å²) in [6.07, 6.45) is 1.07. The number of aliphatic hydroxyl groups excluding tert-OH is 2. The highest BCUT2D eigenvalue weighted by molar-refractivity contribution is 5.98. The Labute approximate surface area is 184 Å². The lowest BCUT2D eigenvalue weighted by Gasteiger charge is -2.19. The molecular formula is C26H31NO4. The van der Waals surface area contributed by atoms with Gasteiger partial charge in [0.1, 0.15) is 12.6 Å². The standard InChI is InChI=1S/C26H31NO4/c1-18(29)24(23(30)17-28)27-25(31)22-13-11-20(12-14-22)6-5-19-7-9-21(10-8-19)15-16-26(2,3)4/h7-14,18,24,28-29H,15-17H2,1-4H3,(H,27,31)/t18-,24+/m1/s1. The van der Waals surface area contributed by atoms with Crippen molar-refractivity contribution in [3.63, 3.8) is 0 Å². The summed E-state index contributed by atoms with van der Waals surface area (Å²) in [5.41, 5.74) is 3.62. The first-order valence-corrected chi connectivity index (χ1v) is 10.4. The van der Waals surface area contributed by atoms with Crippen molar-refractivity contribution >= 4 is 11.7 Å².